The predicted octanol–water partition coefficient (Wildman–Crippen LogP) is 3.32. The van der Waals surface area contributed by atoms with Gasteiger partial charge in [-0.3, -0.25) is 9.89 Å². The Morgan fingerprint density at radius 1 is 0.972 bits per heavy atom. The smallest absolute Gasteiger partial charge is 0.260 e. The Bertz CT molecular complexity index is 1630. The molecule has 3 aromatic heterocycles. The first-order valence-corrected chi connectivity index (χ1v) is 12.1. The Hall–Kier alpha value is -4.37. The van der Waals surface area contributed by atoms with Gasteiger partial charge in [0.25, 0.3) is 5.56 Å². The molecule has 9 nitrogen and oxygen atoms in total. The van der Waals surface area contributed by atoms with E-state index in [2.05, 4.69) is 44.7 Å². The van der Waals surface area contributed by atoms with E-state index in [-0.39, 0.29) is 11.3 Å². The Kier molecular flexibility index (Phi) is 5.34. The Morgan fingerprint density at radius 2 is 1.67 bits per heavy atom. The topological polar surface area (TPSA) is 125 Å². The molecule has 182 valence electrons. The summed E-state index contributed by atoms with van der Waals surface area (Å²) in [5.41, 5.74) is 10.9. The highest BCUT2D eigenvalue weighted by molar-refractivity contribution is 6.19. The van der Waals surface area contributed by atoms with Crippen molar-refractivity contribution >= 4 is 33.3 Å². The maximum absolute atomic E-state index is 13.7. The van der Waals surface area contributed by atoms with Crippen molar-refractivity contribution in [2.75, 3.05) is 36.8 Å². The van der Waals surface area contributed by atoms with Gasteiger partial charge in [-0.05, 0) is 48.9 Å². The number of aryl methyl sites for hydroxylation is 1. The molecular weight excluding hydrogens is 454 g/mol. The minimum Gasteiger partial charge on any atom is -0.508 e. The molecule has 0 saturated carbocycles. The van der Waals surface area contributed by atoms with Gasteiger partial charge in [0.05, 0.1) is 16.5 Å². The number of phenols is 1. The van der Waals surface area contributed by atoms with Crippen LogP contribution >= 0.6 is 0 Å². The maximum atomic E-state index is 13.7. The van der Waals surface area contributed by atoms with Crippen molar-refractivity contribution in [3.8, 4) is 28.1 Å². The summed E-state index contributed by atoms with van der Waals surface area (Å²) in [4.78, 5) is 20.8. The van der Waals surface area contributed by atoms with Crippen LogP contribution in [0.1, 0.15) is 6.92 Å². The van der Waals surface area contributed by atoms with Crippen molar-refractivity contribution < 1.29 is 5.11 Å². The van der Waals surface area contributed by atoms with Crippen molar-refractivity contribution in [2.24, 2.45) is 0 Å². The number of phenolic OH excluding ortho intramolecular Hbond substituents is 1. The van der Waals surface area contributed by atoms with E-state index in [4.69, 9.17) is 10.7 Å². The van der Waals surface area contributed by atoms with Crippen LogP contribution in [0.4, 0.5) is 11.5 Å². The summed E-state index contributed by atoms with van der Waals surface area (Å²) in [5.74, 6) is 0.511. The summed E-state index contributed by atoms with van der Waals surface area (Å²) < 4.78 is 1.70. The molecule has 0 radical (unpaired) electrons. The molecule has 5 aromatic rings. The number of benzene rings is 2. The van der Waals surface area contributed by atoms with Gasteiger partial charge in [-0.15, -0.1) is 0 Å². The minimum atomic E-state index is -0.147. The summed E-state index contributed by atoms with van der Waals surface area (Å²) in [6.45, 7) is 6.34. The van der Waals surface area contributed by atoms with Crippen LogP contribution in [0.15, 0.2) is 59.5 Å². The number of nitrogens with two attached hydrogens (primary N) is 1. The highest BCUT2D eigenvalue weighted by Crippen LogP contribution is 2.38. The molecule has 0 spiro atoms. The zero-order chi connectivity index (χ0) is 24.8. The number of aromatic amines is 1. The molecule has 36 heavy (non-hydrogen) atoms. The number of hydrogen-bond acceptors (Lipinski definition) is 7. The van der Waals surface area contributed by atoms with Gasteiger partial charge in [0, 0.05) is 61.1 Å². The highest BCUT2D eigenvalue weighted by atomic mass is 16.3. The molecule has 1 aliphatic rings. The molecular formula is C27H27N7O2. The monoisotopic (exact) mass is 481 g/mol. The number of pyridine rings is 2. The van der Waals surface area contributed by atoms with Crippen LogP contribution in [-0.2, 0) is 6.54 Å². The van der Waals surface area contributed by atoms with Crippen LogP contribution in [0.2, 0.25) is 0 Å². The van der Waals surface area contributed by atoms with Crippen molar-refractivity contribution in [3.63, 3.8) is 0 Å². The number of aromatic hydroxyl groups is 1. The average molecular weight is 482 g/mol. The zero-order valence-electron chi connectivity index (χ0n) is 20.0. The fourth-order valence-corrected chi connectivity index (χ4v) is 5.03. The van der Waals surface area contributed by atoms with Crippen LogP contribution in [-0.4, -0.2) is 51.0 Å². The molecule has 0 atom stereocenters. The summed E-state index contributed by atoms with van der Waals surface area (Å²) in [6, 6.07) is 15.1. The number of nitrogens with zero attached hydrogens (tertiary/aromatic N) is 4. The number of hydrogen-bond donors (Lipinski definition) is 4. The fourth-order valence-electron chi connectivity index (χ4n) is 5.03. The second-order valence-electron chi connectivity index (χ2n) is 9.01. The highest BCUT2D eigenvalue weighted by Gasteiger charge is 2.22. The maximum Gasteiger partial charge on any atom is 0.260 e. The second kappa shape index (κ2) is 8.69. The molecule has 0 aliphatic carbocycles. The Balaban J connectivity index is 1.65. The number of nitrogen functional groups attached to an aromatic ring is 1. The molecule has 1 fully saturated rings. The van der Waals surface area contributed by atoms with E-state index in [9.17, 15) is 9.90 Å². The SMILES string of the molecule is CCn1cc(-c2ccc(N3CCNCC3)cc2)c2c(c(-c3ccc(O)cc3)nc3n[nH]c(N)c32)c1=O. The first-order chi connectivity index (χ1) is 17.5. The minimum absolute atomic E-state index is 0.143. The zero-order valence-corrected chi connectivity index (χ0v) is 20.0. The molecule has 0 amide bonds. The van der Waals surface area contributed by atoms with Crippen LogP contribution < -0.4 is 21.5 Å². The van der Waals surface area contributed by atoms with E-state index in [0.717, 1.165) is 42.7 Å². The van der Waals surface area contributed by atoms with E-state index < -0.39 is 0 Å². The van der Waals surface area contributed by atoms with Crippen LogP contribution in [0.5, 0.6) is 5.75 Å². The van der Waals surface area contributed by atoms with Gasteiger partial charge in [-0.1, -0.05) is 12.1 Å². The molecule has 9 heteroatoms. The number of fused-ring (bicyclic) bond motifs is 3. The quantitative estimate of drug-likeness (QED) is 0.310. The molecule has 2 aromatic carbocycles. The van der Waals surface area contributed by atoms with Gasteiger partial charge in [0.1, 0.15) is 11.6 Å². The predicted molar refractivity (Wildman–Crippen MR) is 143 cm³/mol. The molecule has 0 unspecified atom stereocenters. The van der Waals surface area contributed by atoms with E-state index in [0.29, 0.717) is 40.0 Å². The van der Waals surface area contributed by atoms with Crippen molar-refractivity contribution in [1.29, 1.82) is 0 Å². The van der Waals surface area contributed by atoms with E-state index in [1.165, 1.54) is 5.69 Å². The summed E-state index contributed by atoms with van der Waals surface area (Å²) in [6.07, 6.45) is 1.90. The average Bonchev–Trinajstić information content (AvgIpc) is 3.30. The van der Waals surface area contributed by atoms with Crippen LogP contribution in [0.3, 0.4) is 0 Å². The van der Waals surface area contributed by atoms with E-state index >= 15 is 0 Å². The van der Waals surface area contributed by atoms with E-state index in [1.54, 1.807) is 28.8 Å². The third-order valence-corrected chi connectivity index (χ3v) is 6.90. The molecule has 1 aliphatic heterocycles. The number of nitrogens with one attached hydrogen (secondary N) is 2. The van der Waals surface area contributed by atoms with Gasteiger partial charge in [0.2, 0.25) is 0 Å². The van der Waals surface area contributed by atoms with Crippen LogP contribution in [0.25, 0.3) is 44.2 Å². The largest absolute Gasteiger partial charge is 0.508 e. The lowest BCUT2D eigenvalue weighted by molar-refractivity contribution is 0.475. The molecule has 5 N–H and O–H groups in total. The van der Waals surface area contributed by atoms with Gasteiger partial charge in [0.15, 0.2) is 5.65 Å². The number of rotatable bonds is 4. The number of H-pyrrole nitrogens is 1. The van der Waals surface area contributed by atoms with Gasteiger partial charge in [-0.2, -0.15) is 5.10 Å². The Labute approximate surface area is 207 Å². The first-order valence-electron chi connectivity index (χ1n) is 12.1. The lowest BCUT2D eigenvalue weighted by Crippen LogP contribution is -2.43. The number of anilines is 2. The molecule has 4 heterocycles. The van der Waals surface area contributed by atoms with Crippen molar-refractivity contribution in [1.82, 2.24) is 25.1 Å². The number of aromatic nitrogens is 4. The number of piperazine rings is 1. The summed E-state index contributed by atoms with van der Waals surface area (Å²) in [7, 11) is 0. The van der Waals surface area contributed by atoms with Gasteiger partial charge >= 0.3 is 0 Å². The first kappa shape index (κ1) is 22.1. The van der Waals surface area contributed by atoms with E-state index in [1.807, 2.05) is 13.1 Å². The third kappa shape index (κ3) is 3.56. The lowest BCUT2D eigenvalue weighted by atomic mass is 9.95. The molecule has 1 saturated heterocycles. The standard InChI is InChI=1S/C27H27N7O2/c1-2-33-15-20(16-3-7-18(8-4-16)34-13-11-29-12-14-34)21-22(27(33)36)24(17-5-9-19(35)10-6-17)30-26-23(21)25(28)31-32-26/h3-10,15,29,35H,2,11-14H2,1H3,(H3,28,30,31,32). The van der Waals surface area contributed by atoms with Gasteiger partial charge in [-0.25, -0.2) is 4.98 Å². The lowest BCUT2D eigenvalue weighted by Gasteiger charge is -2.29. The van der Waals surface area contributed by atoms with Gasteiger partial charge < -0.3 is 25.6 Å². The molecule has 0 bridgehead atoms. The second-order valence-corrected chi connectivity index (χ2v) is 9.01. The third-order valence-electron chi connectivity index (χ3n) is 6.90. The molecule has 6 rings (SSSR count). The normalized spacial score (nSPS) is 14.1. The fraction of sp³-hybridized carbons (Fsp3) is 0.222. The summed E-state index contributed by atoms with van der Waals surface area (Å²) in [5, 5.41) is 22.2. The Morgan fingerprint density at radius 3 is 2.36 bits per heavy atom. The van der Waals surface area contributed by atoms with Crippen molar-refractivity contribution in [3.05, 3.63) is 65.1 Å². The summed E-state index contributed by atoms with van der Waals surface area (Å²) >= 11 is 0. The van der Waals surface area contributed by atoms with Crippen molar-refractivity contribution in [2.45, 2.75) is 13.5 Å². The van der Waals surface area contributed by atoms with Crippen LogP contribution in [0, 0.1) is 0 Å².